The van der Waals surface area contributed by atoms with Crippen LogP contribution in [-0.4, -0.2) is 56.3 Å². The van der Waals surface area contributed by atoms with Gasteiger partial charge in [0.2, 0.25) is 0 Å². The van der Waals surface area contributed by atoms with Gasteiger partial charge in [0.05, 0.1) is 0 Å². The Hall–Kier alpha value is -1.76. The van der Waals surface area contributed by atoms with Crippen molar-refractivity contribution in [2.24, 2.45) is 0 Å². The fourth-order valence-electron chi connectivity index (χ4n) is 1.47. The summed E-state index contributed by atoms with van der Waals surface area (Å²) in [5.74, 6) is -0.588. The summed E-state index contributed by atoms with van der Waals surface area (Å²) in [4.78, 5) is 15.4. The highest BCUT2D eigenvalue weighted by Crippen LogP contribution is 2.22. The molecule has 0 aliphatic heterocycles. The fourth-order valence-corrected chi connectivity index (χ4v) is 1.47. The smallest absolute Gasteiger partial charge is 0.406 e. The molecule has 112 valence electrons. The van der Waals surface area contributed by atoms with Crippen LogP contribution >= 0.6 is 0 Å². The molecule has 4 nitrogen and oxygen atoms in total. The Balaban J connectivity index is 2.65. The molecule has 0 spiro atoms. The minimum absolute atomic E-state index is 0.245. The number of nitrogens with zero attached hydrogens (tertiary/aromatic N) is 2. The van der Waals surface area contributed by atoms with Crippen LogP contribution < -0.4 is 4.74 Å². The number of ether oxygens (including phenoxy) is 1. The quantitative estimate of drug-likeness (QED) is 0.833. The lowest BCUT2D eigenvalue weighted by molar-refractivity contribution is -0.274. The van der Waals surface area contributed by atoms with Crippen molar-refractivity contribution in [3.05, 3.63) is 29.8 Å². The van der Waals surface area contributed by atoms with Crippen molar-refractivity contribution in [3.8, 4) is 5.75 Å². The van der Waals surface area contributed by atoms with Crippen molar-refractivity contribution >= 4 is 5.91 Å². The maximum Gasteiger partial charge on any atom is 0.573 e. The van der Waals surface area contributed by atoms with Crippen LogP contribution in [0.25, 0.3) is 0 Å². The Morgan fingerprint density at radius 2 is 1.65 bits per heavy atom. The fraction of sp³-hybridized carbons (Fsp3) is 0.462. The zero-order valence-electron chi connectivity index (χ0n) is 11.6. The Kier molecular flexibility index (Phi) is 5.38. The van der Waals surface area contributed by atoms with E-state index in [-0.39, 0.29) is 11.7 Å². The lowest BCUT2D eigenvalue weighted by Gasteiger charge is -2.19. The maximum atomic E-state index is 12.0. The predicted octanol–water partition coefficient (Wildman–Crippen LogP) is 2.22. The Labute approximate surface area is 115 Å². The van der Waals surface area contributed by atoms with E-state index in [4.69, 9.17) is 0 Å². The van der Waals surface area contributed by atoms with Crippen molar-refractivity contribution in [3.63, 3.8) is 0 Å². The lowest BCUT2D eigenvalue weighted by atomic mass is 10.2. The van der Waals surface area contributed by atoms with Gasteiger partial charge in [0.25, 0.3) is 5.91 Å². The first kappa shape index (κ1) is 16.3. The molecule has 0 atom stereocenters. The number of alkyl halides is 3. The molecule has 1 aromatic rings. The molecule has 0 N–H and O–H groups in total. The first-order valence-electron chi connectivity index (χ1n) is 5.95. The molecule has 1 amide bonds. The second kappa shape index (κ2) is 6.60. The van der Waals surface area contributed by atoms with E-state index in [9.17, 15) is 18.0 Å². The summed E-state index contributed by atoms with van der Waals surface area (Å²) in [7, 11) is 5.43. The van der Waals surface area contributed by atoms with Crippen LogP contribution in [0.2, 0.25) is 0 Å². The zero-order chi connectivity index (χ0) is 15.3. The first-order valence-corrected chi connectivity index (χ1v) is 5.95. The van der Waals surface area contributed by atoms with E-state index in [1.807, 2.05) is 19.0 Å². The van der Waals surface area contributed by atoms with Crippen molar-refractivity contribution in [1.29, 1.82) is 0 Å². The lowest BCUT2D eigenvalue weighted by Crippen LogP contribution is -2.33. The minimum atomic E-state index is -4.73. The highest BCUT2D eigenvalue weighted by Gasteiger charge is 2.31. The summed E-state index contributed by atoms with van der Waals surface area (Å²) < 4.78 is 39.8. The van der Waals surface area contributed by atoms with E-state index in [2.05, 4.69) is 4.74 Å². The van der Waals surface area contributed by atoms with Crippen molar-refractivity contribution in [1.82, 2.24) is 9.80 Å². The second-order valence-corrected chi connectivity index (χ2v) is 4.60. The number of amides is 1. The summed E-state index contributed by atoms with van der Waals surface area (Å²) >= 11 is 0. The van der Waals surface area contributed by atoms with E-state index in [0.717, 1.165) is 12.1 Å². The molecular weight excluding hydrogens is 273 g/mol. The van der Waals surface area contributed by atoms with E-state index in [1.54, 1.807) is 7.05 Å². The molecule has 0 radical (unpaired) electrons. The van der Waals surface area contributed by atoms with Crippen LogP contribution in [0.15, 0.2) is 24.3 Å². The molecule has 0 heterocycles. The van der Waals surface area contributed by atoms with Gasteiger partial charge in [0, 0.05) is 25.7 Å². The molecule has 1 aromatic carbocycles. The predicted molar refractivity (Wildman–Crippen MR) is 68.6 cm³/mol. The van der Waals surface area contributed by atoms with Crippen LogP contribution in [0.1, 0.15) is 10.4 Å². The number of halogens is 3. The molecule has 7 heteroatoms. The molecule has 0 unspecified atom stereocenters. The van der Waals surface area contributed by atoms with E-state index < -0.39 is 6.36 Å². The van der Waals surface area contributed by atoms with Gasteiger partial charge < -0.3 is 14.5 Å². The first-order chi connectivity index (χ1) is 9.19. The topological polar surface area (TPSA) is 32.8 Å². The van der Waals surface area contributed by atoms with Crippen LogP contribution in [0.3, 0.4) is 0 Å². The number of rotatable bonds is 5. The van der Waals surface area contributed by atoms with E-state index >= 15 is 0 Å². The average Bonchev–Trinajstić information content (AvgIpc) is 2.34. The second-order valence-electron chi connectivity index (χ2n) is 4.60. The maximum absolute atomic E-state index is 12.0. The summed E-state index contributed by atoms with van der Waals surface area (Å²) in [5.41, 5.74) is 0.320. The van der Waals surface area contributed by atoms with Gasteiger partial charge in [-0.25, -0.2) is 0 Å². The van der Waals surface area contributed by atoms with Crippen molar-refractivity contribution in [2.45, 2.75) is 6.36 Å². The van der Waals surface area contributed by atoms with Crippen LogP contribution in [0.5, 0.6) is 5.75 Å². The molecule has 0 aliphatic rings. The normalized spacial score (nSPS) is 11.6. The SMILES string of the molecule is CN(C)CCN(C)C(=O)c1ccc(OC(F)(F)F)cc1. The number of hydrogen-bond donors (Lipinski definition) is 0. The number of likely N-dealkylation sites (N-methyl/N-ethyl adjacent to an activating group) is 2. The van der Waals surface area contributed by atoms with Gasteiger partial charge in [-0.2, -0.15) is 0 Å². The third-order valence-corrected chi connectivity index (χ3v) is 2.56. The highest BCUT2D eigenvalue weighted by atomic mass is 19.4. The van der Waals surface area contributed by atoms with E-state index in [1.165, 1.54) is 17.0 Å². The molecule has 0 saturated carbocycles. The van der Waals surface area contributed by atoms with Crippen LogP contribution in [0, 0.1) is 0 Å². The molecule has 0 saturated heterocycles. The summed E-state index contributed by atoms with van der Waals surface area (Å²) in [6.07, 6.45) is -4.73. The van der Waals surface area contributed by atoms with Gasteiger partial charge in [0.15, 0.2) is 0 Å². The van der Waals surface area contributed by atoms with Gasteiger partial charge in [-0.05, 0) is 38.4 Å². The summed E-state index contributed by atoms with van der Waals surface area (Å²) in [5, 5.41) is 0. The zero-order valence-corrected chi connectivity index (χ0v) is 11.6. The third kappa shape index (κ3) is 5.48. The third-order valence-electron chi connectivity index (χ3n) is 2.56. The van der Waals surface area contributed by atoms with Gasteiger partial charge in [-0.15, -0.1) is 13.2 Å². The molecule has 0 aromatic heterocycles. The van der Waals surface area contributed by atoms with E-state index in [0.29, 0.717) is 18.7 Å². The number of carbonyl (C=O) groups is 1. The minimum Gasteiger partial charge on any atom is -0.406 e. The Morgan fingerprint density at radius 3 is 2.10 bits per heavy atom. The van der Waals surface area contributed by atoms with Gasteiger partial charge >= 0.3 is 6.36 Å². The molecule has 20 heavy (non-hydrogen) atoms. The molecule has 0 fully saturated rings. The summed E-state index contributed by atoms with van der Waals surface area (Å²) in [6, 6.07) is 4.88. The van der Waals surface area contributed by atoms with Gasteiger partial charge in [0.1, 0.15) is 5.75 Å². The standard InChI is InChI=1S/C13H17F3N2O2/c1-17(2)8-9-18(3)12(19)10-4-6-11(7-5-10)20-13(14,15)16/h4-7H,8-9H2,1-3H3. The average molecular weight is 290 g/mol. The largest absolute Gasteiger partial charge is 0.573 e. The van der Waals surface area contributed by atoms with Crippen molar-refractivity contribution < 1.29 is 22.7 Å². The molecule has 0 bridgehead atoms. The number of hydrogen-bond acceptors (Lipinski definition) is 3. The van der Waals surface area contributed by atoms with Gasteiger partial charge in [-0.1, -0.05) is 0 Å². The number of benzene rings is 1. The number of carbonyl (C=O) groups excluding carboxylic acids is 1. The summed E-state index contributed by atoms with van der Waals surface area (Å²) in [6.45, 7) is 1.24. The Bertz CT molecular complexity index is 444. The Morgan fingerprint density at radius 1 is 1.10 bits per heavy atom. The van der Waals surface area contributed by atoms with Gasteiger partial charge in [-0.3, -0.25) is 4.79 Å². The molecule has 0 aliphatic carbocycles. The molecular formula is C13H17F3N2O2. The monoisotopic (exact) mass is 290 g/mol. The molecule has 1 rings (SSSR count). The van der Waals surface area contributed by atoms with Crippen LogP contribution in [0.4, 0.5) is 13.2 Å². The highest BCUT2D eigenvalue weighted by molar-refractivity contribution is 5.94. The van der Waals surface area contributed by atoms with Crippen molar-refractivity contribution in [2.75, 3.05) is 34.2 Å². The van der Waals surface area contributed by atoms with Crippen LogP contribution in [-0.2, 0) is 0 Å².